The molecular formula is C26H33FN6OS. The van der Waals surface area contributed by atoms with E-state index < -0.39 is 0 Å². The third-order valence-electron chi connectivity index (χ3n) is 6.21. The maximum absolute atomic E-state index is 13.6. The molecule has 3 aromatic rings. The Bertz CT molecular complexity index is 1090. The third kappa shape index (κ3) is 6.61. The number of anilines is 2. The van der Waals surface area contributed by atoms with Crippen LogP contribution in [0.1, 0.15) is 38.9 Å². The van der Waals surface area contributed by atoms with Crippen LogP contribution in [0, 0.1) is 5.82 Å². The summed E-state index contributed by atoms with van der Waals surface area (Å²) in [4.78, 5) is 17.3. The number of hydrogen-bond acceptors (Lipinski definition) is 6. The van der Waals surface area contributed by atoms with E-state index in [-0.39, 0.29) is 17.5 Å². The van der Waals surface area contributed by atoms with E-state index in [9.17, 15) is 9.18 Å². The maximum atomic E-state index is 13.6. The fourth-order valence-electron chi connectivity index (χ4n) is 4.33. The Hall–Kier alpha value is -2.91. The second-order valence-electron chi connectivity index (χ2n) is 8.60. The van der Waals surface area contributed by atoms with Gasteiger partial charge >= 0.3 is 0 Å². The summed E-state index contributed by atoms with van der Waals surface area (Å²) in [6.07, 6.45) is 3.63. The molecule has 0 bridgehead atoms. The van der Waals surface area contributed by atoms with Gasteiger partial charge in [-0.2, -0.15) is 0 Å². The quantitative estimate of drug-likeness (QED) is 0.400. The lowest BCUT2D eigenvalue weighted by atomic mass is 10.1. The summed E-state index contributed by atoms with van der Waals surface area (Å²) in [5.41, 5.74) is 2.69. The summed E-state index contributed by atoms with van der Waals surface area (Å²) >= 11 is 1.33. The van der Waals surface area contributed by atoms with Crippen LogP contribution in [-0.2, 0) is 11.3 Å². The molecule has 0 aliphatic carbocycles. The molecule has 0 atom stereocenters. The molecule has 1 saturated heterocycles. The van der Waals surface area contributed by atoms with Crippen molar-refractivity contribution in [1.29, 1.82) is 0 Å². The maximum Gasteiger partial charge on any atom is 0.234 e. The molecule has 7 nitrogen and oxygen atoms in total. The highest BCUT2D eigenvalue weighted by atomic mass is 32.2. The number of nitrogens with one attached hydrogen (secondary N) is 1. The Morgan fingerprint density at radius 3 is 2.34 bits per heavy atom. The molecule has 1 aliphatic rings. The Morgan fingerprint density at radius 2 is 1.69 bits per heavy atom. The van der Waals surface area contributed by atoms with Gasteiger partial charge in [-0.15, -0.1) is 10.2 Å². The number of carbonyl (C=O) groups excluding carboxylic acids is 1. The van der Waals surface area contributed by atoms with Crippen LogP contribution in [0.3, 0.4) is 0 Å². The average Bonchev–Trinajstić information content (AvgIpc) is 3.28. The number of benzene rings is 2. The van der Waals surface area contributed by atoms with E-state index in [0.717, 1.165) is 49.1 Å². The Morgan fingerprint density at radius 1 is 1.00 bits per heavy atom. The highest BCUT2D eigenvalue weighted by Gasteiger charge is 2.19. The van der Waals surface area contributed by atoms with Gasteiger partial charge in [0.15, 0.2) is 11.0 Å². The van der Waals surface area contributed by atoms with Crippen molar-refractivity contribution in [3.63, 3.8) is 0 Å². The normalized spacial score (nSPS) is 14.1. The number of nitrogens with zero attached hydrogens (tertiary/aromatic N) is 5. The van der Waals surface area contributed by atoms with Crippen LogP contribution in [-0.4, -0.2) is 57.5 Å². The molecular weight excluding hydrogens is 463 g/mol. The molecule has 1 N–H and O–H groups in total. The first-order chi connectivity index (χ1) is 17.1. The van der Waals surface area contributed by atoms with Gasteiger partial charge in [0, 0.05) is 30.2 Å². The number of piperidine rings is 1. The molecule has 0 radical (unpaired) electrons. The zero-order chi connectivity index (χ0) is 24.6. The van der Waals surface area contributed by atoms with Crippen molar-refractivity contribution in [2.45, 2.75) is 44.8 Å². The highest BCUT2D eigenvalue weighted by Crippen LogP contribution is 2.25. The molecule has 1 amide bonds. The molecule has 1 fully saturated rings. The van der Waals surface area contributed by atoms with E-state index in [1.54, 1.807) is 12.1 Å². The number of hydrogen-bond donors (Lipinski definition) is 1. The number of rotatable bonds is 10. The lowest BCUT2D eigenvalue weighted by Gasteiger charge is -2.26. The van der Waals surface area contributed by atoms with Crippen LogP contribution in [0.15, 0.2) is 53.7 Å². The SMILES string of the molecule is CCN(CC)c1ccc(NC(=O)CSc2nnc(CN3CCCCC3)n2-c2ccc(F)cc2)cc1. The first-order valence-electron chi connectivity index (χ1n) is 12.3. The largest absolute Gasteiger partial charge is 0.372 e. The molecule has 1 aromatic heterocycles. The fourth-order valence-corrected chi connectivity index (χ4v) is 5.11. The zero-order valence-corrected chi connectivity index (χ0v) is 21.2. The predicted molar refractivity (Wildman–Crippen MR) is 140 cm³/mol. The van der Waals surface area contributed by atoms with E-state index in [0.29, 0.717) is 11.7 Å². The second-order valence-corrected chi connectivity index (χ2v) is 9.55. The highest BCUT2D eigenvalue weighted by molar-refractivity contribution is 7.99. The number of aromatic nitrogens is 3. The molecule has 1 aliphatic heterocycles. The van der Waals surface area contributed by atoms with Gasteiger partial charge in [0.25, 0.3) is 0 Å². The van der Waals surface area contributed by atoms with Gasteiger partial charge in [0.05, 0.1) is 12.3 Å². The lowest BCUT2D eigenvalue weighted by molar-refractivity contribution is -0.113. The smallest absolute Gasteiger partial charge is 0.234 e. The number of carbonyl (C=O) groups is 1. The number of amides is 1. The Balaban J connectivity index is 1.44. The second kappa shape index (κ2) is 12.2. The van der Waals surface area contributed by atoms with Crippen LogP contribution in [0.2, 0.25) is 0 Å². The van der Waals surface area contributed by atoms with Crippen molar-refractivity contribution >= 4 is 29.0 Å². The standard InChI is InChI=1S/C26H33FN6OS/c1-3-32(4-2)22-14-10-21(11-15-22)28-25(34)19-35-26-30-29-24(18-31-16-6-5-7-17-31)33(26)23-12-8-20(27)9-13-23/h8-15H,3-7,16-19H2,1-2H3,(H,28,34). The third-order valence-corrected chi connectivity index (χ3v) is 7.14. The monoisotopic (exact) mass is 496 g/mol. The van der Waals surface area contributed by atoms with Crippen molar-refractivity contribution in [2.75, 3.05) is 42.1 Å². The van der Waals surface area contributed by atoms with Crippen molar-refractivity contribution in [3.8, 4) is 5.69 Å². The molecule has 2 aromatic carbocycles. The van der Waals surface area contributed by atoms with Crippen molar-refractivity contribution < 1.29 is 9.18 Å². The molecule has 2 heterocycles. The number of halogens is 1. The minimum Gasteiger partial charge on any atom is -0.372 e. The molecule has 9 heteroatoms. The summed E-state index contributed by atoms with van der Waals surface area (Å²) in [5.74, 6) is 0.589. The van der Waals surface area contributed by atoms with Crippen LogP contribution < -0.4 is 10.2 Å². The minimum absolute atomic E-state index is 0.114. The van der Waals surface area contributed by atoms with E-state index in [1.807, 2.05) is 28.8 Å². The van der Waals surface area contributed by atoms with Crippen molar-refractivity contribution in [3.05, 3.63) is 60.2 Å². The first kappa shape index (κ1) is 25.2. The van der Waals surface area contributed by atoms with Crippen LogP contribution >= 0.6 is 11.8 Å². The number of thioether (sulfide) groups is 1. The summed E-state index contributed by atoms with van der Waals surface area (Å²) < 4.78 is 15.5. The topological polar surface area (TPSA) is 66.3 Å². The Labute approximate surface area is 210 Å². The van der Waals surface area contributed by atoms with Gasteiger partial charge in [-0.1, -0.05) is 18.2 Å². The van der Waals surface area contributed by atoms with E-state index in [4.69, 9.17) is 0 Å². The molecule has 0 unspecified atom stereocenters. The number of likely N-dealkylation sites (tertiary alicyclic amines) is 1. The van der Waals surface area contributed by atoms with E-state index in [1.165, 1.54) is 43.2 Å². The zero-order valence-electron chi connectivity index (χ0n) is 20.4. The summed E-state index contributed by atoms with van der Waals surface area (Å²) in [6.45, 7) is 8.87. The van der Waals surface area contributed by atoms with Gasteiger partial charge in [0.1, 0.15) is 5.82 Å². The van der Waals surface area contributed by atoms with Crippen molar-refractivity contribution in [2.24, 2.45) is 0 Å². The summed E-state index contributed by atoms with van der Waals surface area (Å²) in [5, 5.41) is 12.4. The van der Waals surface area contributed by atoms with Crippen LogP contribution in [0.5, 0.6) is 0 Å². The van der Waals surface area contributed by atoms with Gasteiger partial charge in [-0.25, -0.2) is 4.39 Å². The van der Waals surface area contributed by atoms with Gasteiger partial charge in [-0.05, 0) is 88.3 Å². The van der Waals surface area contributed by atoms with Crippen LogP contribution in [0.25, 0.3) is 5.69 Å². The fraction of sp³-hybridized carbons (Fsp3) is 0.423. The molecule has 4 rings (SSSR count). The van der Waals surface area contributed by atoms with Gasteiger partial charge in [0.2, 0.25) is 5.91 Å². The molecule has 35 heavy (non-hydrogen) atoms. The summed E-state index contributed by atoms with van der Waals surface area (Å²) in [7, 11) is 0. The van der Waals surface area contributed by atoms with Gasteiger partial charge in [-0.3, -0.25) is 14.3 Å². The average molecular weight is 497 g/mol. The predicted octanol–water partition coefficient (Wildman–Crippen LogP) is 4.97. The minimum atomic E-state index is -0.292. The lowest BCUT2D eigenvalue weighted by Crippen LogP contribution is -2.30. The summed E-state index contributed by atoms with van der Waals surface area (Å²) in [6, 6.07) is 14.2. The van der Waals surface area contributed by atoms with Gasteiger partial charge < -0.3 is 10.2 Å². The molecule has 186 valence electrons. The van der Waals surface area contributed by atoms with E-state index >= 15 is 0 Å². The molecule has 0 saturated carbocycles. The van der Waals surface area contributed by atoms with E-state index in [2.05, 4.69) is 39.2 Å². The van der Waals surface area contributed by atoms with Crippen molar-refractivity contribution in [1.82, 2.24) is 19.7 Å². The molecule has 0 spiro atoms. The first-order valence-corrected chi connectivity index (χ1v) is 13.3. The van der Waals surface area contributed by atoms with Crippen LogP contribution in [0.4, 0.5) is 15.8 Å². The Kier molecular flexibility index (Phi) is 8.76.